The van der Waals surface area contributed by atoms with Crippen molar-refractivity contribution in [3.63, 3.8) is 0 Å². The predicted molar refractivity (Wildman–Crippen MR) is 104 cm³/mol. The van der Waals surface area contributed by atoms with Gasteiger partial charge in [0.2, 0.25) is 0 Å². The summed E-state index contributed by atoms with van der Waals surface area (Å²) in [6.07, 6.45) is 1.08. The van der Waals surface area contributed by atoms with Crippen LogP contribution in [-0.2, 0) is 24.5 Å². The van der Waals surface area contributed by atoms with Gasteiger partial charge >= 0.3 is 11.9 Å². The first kappa shape index (κ1) is 18.6. The minimum absolute atomic E-state index is 0.522. The lowest BCUT2D eigenvalue weighted by molar-refractivity contribution is -0.153. The van der Waals surface area contributed by atoms with Crippen LogP contribution in [0.2, 0.25) is 0 Å². The largest absolute Gasteiger partial charge is 0.458 e. The minimum Gasteiger partial charge on any atom is -0.458 e. The molecule has 0 aromatic heterocycles. The fourth-order valence-corrected chi connectivity index (χ4v) is 4.14. The van der Waals surface area contributed by atoms with E-state index in [1.54, 1.807) is 0 Å². The molecule has 3 rings (SSSR count). The lowest BCUT2D eigenvalue weighted by Gasteiger charge is -2.41. The summed E-state index contributed by atoms with van der Waals surface area (Å²) in [5.41, 5.74) is 3.15. The number of carbonyl (C=O) groups excluding carboxylic acids is 2. The Balaban J connectivity index is 2.26. The molecule has 2 atom stereocenters. The maximum absolute atomic E-state index is 12.0. The average molecular weight is 362 g/mol. The van der Waals surface area contributed by atoms with Crippen LogP contribution in [0.25, 0.3) is 11.1 Å². The molecule has 4 nitrogen and oxygen atoms in total. The van der Waals surface area contributed by atoms with Gasteiger partial charge in [0.1, 0.15) is 12.2 Å². The van der Waals surface area contributed by atoms with Gasteiger partial charge < -0.3 is 9.47 Å². The first-order chi connectivity index (χ1) is 13.0. The van der Waals surface area contributed by atoms with E-state index in [-0.39, 0.29) is 0 Å². The van der Waals surface area contributed by atoms with Crippen molar-refractivity contribution in [2.45, 2.75) is 31.5 Å². The van der Waals surface area contributed by atoms with Gasteiger partial charge in [0.15, 0.2) is 0 Å². The van der Waals surface area contributed by atoms with Crippen LogP contribution in [-0.4, -0.2) is 24.1 Å². The molecule has 1 aliphatic carbocycles. The zero-order valence-electron chi connectivity index (χ0n) is 15.5. The van der Waals surface area contributed by atoms with Crippen LogP contribution < -0.4 is 0 Å². The summed E-state index contributed by atoms with van der Waals surface area (Å²) < 4.78 is 11.3. The fourth-order valence-electron chi connectivity index (χ4n) is 4.14. The molecule has 0 heterocycles. The molecule has 0 saturated heterocycles. The molecule has 138 valence electrons. The highest BCUT2D eigenvalue weighted by molar-refractivity contribution is 5.85. The summed E-state index contributed by atoms with van der Waals surface area (Å²) in [4.78, 5) is 24.0. The first-order valence-electron chi connectivity index (χ1n) is 8.82. The van der Waals surface area contributed by atoms with E-state index in [1.165, 1.54) is 0 Å². The van der Waals surface area contributed by atoms with Gasteiger partial charge in [-0.2, -0.15) is 0 Å². The van der Waals surface area contributed by atoms with E-state index < -0.39 is 29.6 Å². The maximum Gasteiger partial charge on any atom is 0.330 e. The molecule has 0 radical (unpaired) electrons. The van der Waals surface area contributed by atoms with Crippen LogP contribution in [0.4, 0.5) is 0 Å². The SMILES string of the molecule is C=CC(=O)OC(C)C1(C(C)OC(=O)C=C)c2ccccc2-c2ccccc21. The number of benzene rings is 2. The van der Waals surface area contributed by atoms with Gasteiger partial charge in [-0.1, -0.05) is 61.7 Å². The highest BCUT2D eigenvalue weighted by atomic mass is 16.6. The van der Waals surface area contributed by atoms with E-state index in [2.05, 4.69) is 13.2 Å². The highest BCUT2D eigenvalue weighted by Gasteiger charge is 2.54. The topological polar surface area (TPSA) is 52.6 Å². The molecule has 1 aliphatic rings. The van der Waals surface area contributed by atoms with E-state index in [0.29, 0.717) is 0 Å². The Morgan fingerprint density at radius 3 is 1.56 bits per heavy atom. The van der Waals surface area contributed by atoms with Crippen molar-refractivity contribution in [1.29, 1.82) is 0 Å². The lowest BCUT2D eigenvalue weighted by Crippen LogP contribution is -2.50. The standard InChI is InChI=1S/C23H22O4/c1-5-21(24)26-15(3)23(16(4)27-22(25)6-2)19-13-9-7-11-17(19)18-12-8-10-14-20(18)23/h5-16H,1-2H2,3-4H3. The predicted octanol–water partition coefficient (Wildman–Crippen LogP) is 4.19. The van der Waals surface area contributed by atoms with Crippen molar-refractivity contribution in [2.75, 3.05) is 0 Å². The monoisotopic (exact) mass is 362 g/mol. The van der Waals surface area contributed by atoms with E-state index in [4.69, 9.17) is 9.47 Å². The second kappa shape index (κ2) is 7.23. The smallest absolute Gasteiger partial charge is 0.330 e. The summed E-state index contributed by atoms with van der Waals surface area (Å²) >= 11 is 0. The summed E-state index contributed by atoms with van der Waals surface area (Å²) in [6.45, 7) is 10.6. The molecular formula is C23H22O4. The highest BCUT2D eigenvalue weighted by Crippen LogP contribution is 2.53. The van der Waals surface area contributed by atoms with Crippen LogP contribution in [0.1, 0.15) is 25.0 Å². The maximum atomic E-state index is 12.0. The fraction of sp³-hybridized carbons (Fsp3) is 0.217. The third-order valence-electron chi connectivity index (χ3n) is 5.24. The molecule has 2 aromatic rings. The first-order valence-corrected chi connectivity index (χ1v) is 8.82. The molecule has 0 fully saturated rings. The third kappa shape index (κ3) is 2.87. The molecule has 2 unspecified atom stereocenters. The summed E-state index contributed by atoms with van der Waals surface area (Å²) in [5.74, 6) is -1.04. The zero-order valence-corrected chi connectivity index (χ0v) is 15.5. The quantitative estimate of drug-likeness (QED) is 0.571. The average Bonchev–Trinajstić information content (AvgIpc) is 2.99. The Labute approximate surface area is 159 Å². The van der Waals surface area contributed by atoms with Crippen LogP contribution in [0.15, 0.2) is 73.8 Å². The summed E-state index contributed by atoms with van der Waals surface area (Å²) in [6, 6.07) is 15.8. The molecule has 0 N–H and O–H groups in total. The molecule has 0 aliphatic heterocycles. The van der Waals surface area contributed by atoms with Crippen molar-refractivity contribution in [2.24, 2.45) is 0 Å². The molecule has 4 heteroatoms. The van der Waals surface area contributed by atoms with E-state index in [9.17, 15) is 9.59 Å². The third-order valence-corrected chi connectivity index (χ3v) is 5.24. The molecule has 2 aromatic carbocycles. The number of esters is 2. The number of hydrogen-bond acceptors (Lipinski definition) is 4. The molecule has 0 saturated carbocycles. The van der Waals surface area contributed by atoms with E-state index in [0.717, 1.165) is 34.4 Å². The Hall–Kier alpha value is -3.14. The van der Waals surface area contributed by atoms with Gasteiger partial charge in [-0.25, -0.2) is 9.59 Å². The van der Waals surface area contributed by atoms with Crippen molar-refractivity contribution in [3.05, 3.63) is 85.0 Å². The van der Waals surface area contributed by atoms with Gasteiger partial charge in [-0.3, -0.25) is 0 Å². The van der Waals surface area contributed by atoms with Crippen molar-refractivity contribution >= 4 is 11.9 Å². The minimum atomic E-state index is -0.843. The van der Waals surface area contributed by atoms with Crippen molar-refractivity contribution in [1.82, 2.24) is 0 Å². The Bertz CT molecular complexity index is 837. The van der Waals surface area contributed by atoms with Gasteiger partial charge in [-0.05, 0) is 36.1 Å². The Morgan fingerprint density at radius 2 is 1.19 bits per heavy atom. The van der Waals surface area contributed by atoms with E-state index >= 15 is 0 Å². The van der Waals surface area contributed by atoms with E-state index in [1.807, 2.05) is 62.4 Å². The van der Waals surface area contributed by atoms with Crippen LogP contribution in [0.3, 0.4) is 0 Å². The summed E-state index contributed by atoms with van der Waals surface area (Å²) in [5, 5.41) is 0. The van der Waals surface area contributed by atoms with Crippen LogP contribution >= 0.6 is 0 Å². The van der Waals surface area contributed by atoms with Crippen molar-refractivity contribution in [3.8, 4) is 11.1 Å². The number of hydrogen-bond donors (Lipinski definition) is 0. The van der Waals surface area contributed by atoms with Crippen LogP contribution in [0, 0.1) is 0 Å². The normalized spacial score (nSPS) is 15.6. The number of rotatable bonds is 6. The molecule has 0 amide bonds. The second-order valence-electron chi connectivity index (χ2n) is 6.53. The molecule has 0 spiro atoms. The van der Waals surface area contributed by atoms with Gasteiger partial charge in [0.05, 0.1) is 5.41 Å². The van der Waals surface area contributed by atoms with Gasteiger partial charge in [0.25, 0.3) is 0 Å². The summed E-state index contributed by atoms with van der Waals surface area (Å²) in [7, 11) is 0. The van der Waals surface area contributed by atoms with Crippen molar-refractivity contribution < 1.29 is 19.1 Å². The Morgan fingerprint density at radius 1 is 0.815 bits per heavy atom. The zero-order chi connectivity index (χ0) is 19.6. The second-order valence-corrected chi connectivity index (χ2v) is 6.53. The lowest BCUT2D eigenvalue weighted by atomic mass is 9.70. The number of carbonyl (C=O) groups is 2. The number of ether oxygens (including phenoxy) is 2. The molecular weight excluding hydrogens is 340 g/mol. The number of fused-ring (bicyclic) bond motifs is 3. The Kier molecular flexibility index (Phi) is 5.00. The van der Waals surface area contributed by atoms with Gasteiger partial charge in [-0.15, -0.1) is 0 Å². The van der Waals surface area contributed by atoms with Crippen LogP contribution in [0.5, 0.6) is 0 Å². The molecule has 0 bridgehead atoms. The van der Waals surface area contributed by atoms with Gasteiger partial charge in [0, 0.05) is 12.2 Å². The molecule has 27 heavy (non-hydrogen) atoms.